The van der Waals surface area contributed by atoms with Crippen LogP contribution in [0.3, 0.4) is 0 Å². The number of rotatable bonds is 8. The van der Waals surface area contributed by atoms with Gasteiger partial charge in [-0.2, -0.15) is 0 Å². The minimum atomic E-state index is -0.565. The van der Waals surface area contributed by atoms with Crippen molar-refractivity contribution >= 4 is 12.0 Å². The molecule has 1 aromatic carbocycles. The summed E-state index contributed by atoms with van der Waals surface area (Å²) < 4.78 is 23.3. The topological polar surface area (TPSA) is 79.9 Å². The Hall–Kier alpha value is -2.35. The molecular formula is C19H28FN3O4. The number of benzene rings is 1. The van der Waals surface area contributed by atoms with Crippen molar-refractivity contribution in [3.63, 3.8) is 0 Å². The van der Waals surface area contributed by atoms with Gasteiger partial charge < -0.3 is 25.0 Å². The Morgan fingerprint density at radius 3 is 2.70 bits per heavy atom. The zero-order valence-electron chi connectivity index (χ0n) is 15.9. The average molecular weight is 381 g/mol. The smallest absolute Gasteiger partial charge is 0.407 e. The lowest BCUT2D eigenvalue weighted by atomic mass is 9.96. The van der Waals surface area contributed by atoms with E-state index in [1.807, 2.05) is 0 Å². The van der Waals surface area contributed by atoms with Crippen LogP contribution in [0.4, 0.5) is 9.18 Å². The number of methoxy groups -OCH3 is 1. The molecule has 27 heavy (non-hydrogen) atoms. The molecule has 7 nitrogen and oxygen atoms in total. The number of hydrogen-bond acceptors (Lipinski definition) is 5. The molecule has 0 unspecified atom stereocenters. The molecule has 1 aliphatic heterocycles. The summed E-state index contributed by atoms with van der Waals surface area (Å²) in [6.07, 6.45) is 2.20. The number of likely N-dealkylation sites (tertiary alicyclic amines) is 1. The molecule has 2 N–H and O–H groups in total. The number of nitrogens with zero attached hydrogens (tertiary/aromatic N) is 1. The standard InChI is InChI=1S/C19H28FN3O4/c1-21-18(24)13-27-19(25)22-12-14-5-8-23(9-6-14)10-7-15-3-4-16(20)11-17(15)26-2/h3-4,11,14H,5-10,12-13H2,1-2H3,(H,21,24)(H,22,25). The number of alkyl carbamates (subject to hydrolysis) is 1. The maximum absolute atomic E-state index is 13.3. The summed E-state index contributed by atoms with van der Waals surface area (Å²) in [5.74, 6) is 0.354. The third-order valence-electron chi connectivity index (χ3n) is 4.80. The molecule has 1 fully saturated rings. The largest absolute Gasteiger partial charge is 0.496 e. The van der Waals surface area contributed by atoms with Crippen molar-refractivity contribution in [3.05, 3.63) is 29.6 Å². The van der Waals surface area contributed by atoms with E-state index in [0.29, 0.717) is 18.2 Å². The Kier molecular flexibility index (Phi) is 8.32. The lowest BCUT2D eigenvalue weighted by molar-refractivity contribution is -0.123. The van der Waals surface area contributed by atoms with Crippen LogP contribution in [0.15, 0.2) is 18.2 Å². The second-order valence-electron chi connectivity index (χ2n) is 6.62. The number of likely N-dealkylation sites (N-methyl/N-ethyl adjacent to an activating group) is 1. The molecule has 0 radical (unpaired) electrons. The maximum atomic E-state index is 13.3. The molecule has 1 heterocycles. The fourth-order valence-electron chi connectivity index (χ4n) is 3.10. The van der Waals surface area contributed by atoms with E-state index in [2.05, 4.69) is 15.5 Å². The third-order valence-corrected chi connectivity index (χ3v) is 4.80. The minimum Gasteiger partial charge on any atom is -0.496 e. The molecule has 0 spiro atoms. The van der Waals surface area contributed by atoms with E-state index in [4.69, 9.17) is 9.47 Å². The molecule has 2 amide bonds. The van der Waals surface area contributed by atoms with E-state index >= 15 is 0 Å². The summed E-state index contributed by atoms with van der Waals surface area (Å²) in [4.78, 5) is 24.9. The van der Waals surface area contributed by atoms with Crippen LogP contribution in [-0.4, -0.2) is 63.8 Å². The van der Waals surface area contributed by atoms with Crippen LogP contribution in [0.25, 0.3) is 0 Å². The molecule has 1 aromatic rings. The lowest BCUT2D eigenvalue weighted by Gasteiger charge is -2.32. The molecule has 0 atom stereocenters. The number of hydrogen-bond donors (Lipinski definition) is 2. The number of carbonyl (C=O) groups is 2. The Bertz CT molecular complexity index is 633. The highest BCUT2D eigenvalue weighted by Crippen LogP contribution is 2.22. The Labute approximate surface area is 159 Å². The fourth-order valence-corrected chi connectivity index (χ4v) is 3.10. The molecule has 1 aliphatic rings. The van der Waals surface area contributed by atoms with Crippen LogP contribution in [0.2, 0.25) is 0 Å². The van der Waals surface area contributed by atoms with Crippen LogP contribution in [0, 0.1) is 11.7 Å². The van der Waals surface area contributed by atoms with Gasteiger partial charge in [0, 0.05) is 26.2 Å². The first-order chi connectivity index (χ1) is 13.0. The number of piperidine rings is 1. The molecule has 0 aromatic heterocycles. The van der Waals surface area contributed by atoms with Crippen molar-refractivity contribution in [3.8, 4) is 5.75 Å². The number of amides is 2. The summed E-state index contributed by atoms with van der Waals surface area (Å²) in [5, 5.41) is 5.10. The minimum absolute atomic E-state index is 0.270. The van der Waals surface area contributed by atoms with Crippen LogP contribution >= 0.6 is 0 Å². The molecule has 0 saturated carbocycles. The summed E-state index contributed by atoms with van der Waals surface area (Å²) >= 11 is 0. The molecule has 2 rings (SSSR count). The van der Waals surface area contributed by atoms with E-state index in [1.54, 1.807) is 13.2 Å². The Morgan fingerprint density at radius 1 is 1.30 bits per heavy atom. The predicted octanol–water partition coefficient (Wildman–Crippen LogP) is 1.56. The predicted molar refractivity (Wildman–Crippen MR) is 99.2 cm³/mol. The van der Waals surface area contributed by atoms with E-state index < -0.39 is 6.09 Å². The van der Waals surface area contributed by atoms with Crippen LogP contribution in [-0.2, 0) is 16.0 Å². The number of nitrogens with one attached hydrogen (secondary N) is 2. The van der Waals surface area contributed by atoms with E-state index in [1.165, 1.54) is 19.2 Å². The number of carbonyl (C=O) groups excluding carboxylic acids is 2. The second kappa shape index (κ2) is 10.7. The Morgan fingerprint density at radius 2 is 2.04 bits per heavy atom. The van der Waals surface area contributed by atoms with Crippen LogP contribution < -0.4 is 15.4 Å². The van der Waals surface area contributed by atoms with Gasteiger partial charge >= 0.3 is 6.09 Å². The third kappa shape index (κ3) is 7.05. The fraction of sp³-hybridized carbons (Fsp3) is 0.579. The van der Waals surface area contributed by atoms with Crippen molar-refractivity contribution < 1.29 is 23.5 Å². The zero-order chi connectivity index (χ0) is 19.6. The quantitative estimate of drug-likeness (QED) is 0.714. The highest BCUT2D eigenvalue weighted by atomic mass is 19.1. The Balaban J connectivity index is 1.65. The first-order valence-electron chi connectivity index (χ1n) is 9.17. The van der Waals surface area contributed by atoms with Gasteiger partial charge in [0.05, 0.1) is 7.11 Å². The molecule has 8 heteroatoms. The SMILES string of the molecule is CNC(=O)COC(=O)NCC1CCN(CCc2ccc(F)cc2OC)CC1. The number of halogens is 1. The van der Waals surface area contributed by atoms with Gasteiger partial charge in [0.15, 0.2) is 6.61 Å². The molecular weight excluding hydrogens is 353 g/mol. The van der Waals surface area contributed by atoms with Crippen molar-refractivity contribution in [1.82, 2.24) is 15.5 Å². The summed E-state index contributed by atoms with van der Waals surface area (Å²) in [5.41, 5.74) is 1.00. The van der Waals surface area contributed by atoms with Gasteiger partial charge in [0.1, 0.15) is 11.6 Å². The van der Waals surface area contributed by atoms with Gasteiger partial charge in [-0.25, -0.2) is 9.18 Å². The first-order valence-corrected chi connectivity index (χ1v) is 9.17. The summed E-state index contributed by atoms with van der Waals surface area (Å²) in [6.45, 7) is 3.06. The van der Waals surface area contributed by atoms with Gasteiger partial charge in [-0.05, 0) is 49.9 Å². The molecule has 150 valence electrons. The van der Waals surface area contributed by atoms with Crippen molar-refractivity contribution in [1.29, 1.82) is 0 Å². The highest BCUT2D eigenvalue weighted by Gasteiger charge is 2.20. The zero-order valence-corrected chi connectivity index (χ0v) is 15.9. The summed E-state index contributed by atoms with van der Waals surface area (Å²) in [6, 6.07) is 4.64. The van der Waals surface area contributed by atoms with Gasteiger partial charge in [0.25, 0.3) is 5.91 Å². The van der Waals surface area contributed by atoms with Crippen molar-refractivity contribution in [2.24, 2.45) is 5.92 Å². The van der Waals surface area contributed by atoms with Crippen molar-refractivity contribution in [2.75, 3.05) is 46.9 Å². The van der Waals surface area contributed by atoms with Gasteiger partial charge in [0.2, 0.25) is 0 Å². The van der Waals surface area contributed by atoms with Gasteiger partial charge in [-0.15, -0.1) is 0 Å². The van der Waals surface area contributed by atoms with Gasteiger partial charge in [-0.3, -0.25) is 4.79 Å². The lowest BCUT2D eigenvalue weighted by Crippen LogP contribution is -2.40. The molecule has 1 saturated heterocycles. The second-order valence-corrected chi connectivity index (χ2v) is 6.62. The van der Waals surface area contributed by atoms with Crippen LogP contribution in [0.5, 0.6) is 5.75 Å². The molecule has 0 bridgehead atoms. The van der Waals surface area contributed by atoms with Crippen molar-refractivity contribution in [2.45, 2.75) is 19.3 Å². The van der Waals surface area contributed by atoms with Gasteiger partial charge in [-0.1, -0.05) is 6.07 Å². The first kappa shape index (κ1) is 21.0. The maximum Gasteiger partial charge on any atom is 0.407 e. The molecule has 0 aliphatic carbocycles. The van der Waals surface area contributed by atoms with E-state index in [-0.39, 0.29) is 18.3 Å². The van der Waals surface area contributed by atoms with E-state index in [9.17, 15) is 14.0 Å². The summed E-state index contributed by atoms with van der Waals surface area (Å²) in [7, 11) is 3.04. The normalized spacial score (nSPS) is 15.2. The highest BCUT2D eigenvalue weighted by molar-refractivity contribution is 5.79. The average Bonchev–Trinajstić information content (AvgIpc) is 2.70. The van der Waals surface area contributed by atoms with E-state index in [0.717, 1.165) is 44.5 Å². The van der Waals surface area contributed by atoms with Crippen LogP contribution in [0.1, 0.15) is 18.4 Å². The number of ether oxygens (including phenoxy) is 2. The monoisotopic (exact) mass is 381 g/mol.